The van der Waals surface area contributed by atoms with E-state index in [1.54, 1.807) is 0 Å². The highest BCUT2D eigenvalue weighted by atomic mass is 16.6. The fraction of sp³-hybridized carbons (Fsp3) is 0.889. The third-order valence-electron chi connectivity index (χ3n) is 3.72. The smallest absolute Gasteiger partial charge is 0.308 e. The van der Waals surface area contributed by atoms with Crippen molar-refractivity contribution in [2.45, 2.75) is 40.5 Å². The SMILES string of the molecule is CCC(C)C(=O)OCCOCCOCCOCCOC(=O)C(C)CC. The van der Waals surface area contributed by atoms with Gasteiger partial charge >= 0.3 is 11.9 Å². The minimum absolute atomic E-state index is 0.0677. The monoisotopic (exact) mass is 362 g/mol. The molecule has 0 N–H and O–H groups in total. The Morgan fingerprint density at radius 1 is 0.600 bits per heavy atom. The molecule has 0 aliphatic rings. The molecular formula is C18H34O7. The molecule has 0 heterocycles. The summed E-state index contributed by atoms with van der Waals surface area (Å²) in [5, 5.41) is 0. The van der Waals surface area contributed by atoms with Gasteiger partial charge in [0.15, 0.2) is 0 Å². The van der Waals surface area contributed by atoms with E-state index in [2.05, 4.69) is 0 Å². The maximum atomic E-state index is 11.4. The molecule has 0 rings (SSSR count). The predicted octanol–water partition coefficient (Wildman–Crippen LogP) is 2.21. The van der Waals surface area contributed by atoms with Crippen LogP contribution in [0.15, 0.2) is 0 Å². The van der Waals surface area contributed by atoms with E-state index >= 15 is 0 Å². The second kappa shape index (κ2) is 16.3. The van der Waals surface area contributed by atoms with Crippen molar-refractivity contribution in [1.82, 2.24) is 0 Å². The maximum Gasteiger partial charge on any atom is 0.308 e. The summed E-state index contributed by atoms with van der Waals surface area (Å²) in [6, 6.07) is 0. The van der Waals surface area contributed by atoms with Gasteiger partial charge in [0.25, 0.3) is 0 Å². The summed E-state index contributed by atoms with van der Waals surface area (Å²) < 4.78 is 26.0. The van der Waals surface area contributed by atoms with E-state index in [1.807, 2.05) is 27.7 Å². The van der Waals surface area contributed by atoms with Crippen molar-refractivity contribution in [3.63, 3.8) is 0 Å². The first-order chi connectivity index (χ1) is 12.0. The summed E-state index contributed by atoms with van der Waals surface area (Å²) >= 11 is 0. The molecule has 0 aromatic rings. The van der Waals surface area contributed by atoms with E-state index in [9.17, 15) is 9.59 Å². The van der Waals surface area contributed by atoms with Crippen molar-refractivity contribution >= 4 is 11.9 Å². The summed E-state index contributed by atoms with van der Waals surface area (Å²) in [7, 11) is 0. The first kappa shape index (κ1) is 23.8. The van der Waals surface area contributed by atoms with Gasteiger partial charge in [-0.3, -0.25) is 9.59 Å². The quantitative estimate of drug-likeness (QED) is 0.308. The van der Waals surface area contributed by atoms with Gasteiger partial charge in [0, 0.05) is 0 Å². The summed E-state index contributed by atoms with van der Waals surface area (Å²) in [5.74, 6) is -0.507. The molecular weight excluding hydrogens is 328 g/mol. The zero-order chi connectivity index (χ0) is 18.9. The molecule has 0 amide bonds. The Morgan fingerprint density at radius 2 is 0.880 bits per heavy atom. The highest BCUT2D eigenvalue weighted by Gasteiger charge is 2.11. The van der Waals surface area contributed by atoms with E-state index in [-0.39, 0.29) is 37.0 Å². The molecule has 0 bridgehead atoms. The number of ether oxygens (including phenoxy) is 5. The minimum atomic E-state index is -0.186. The molecule has 0 fully saturated rings. The first-order valence-corrected chi connectivity index (χ1v) is 9.09. The lowest BCUT2D eigenvalue weighted by Crippen LogP contribution is -2.18. The number of esters is 2. The Labute approximate surface area is 151 Å². The van der Waals surface area contributed by atoms with E-state index in [0.29, 0.717) is 39.6 Å². The van der Waals surface area contributed by atoms with Crippen molar-refractivity contribution in [3.8, 4) is 0 Å². The molecule has 0 aliphatic heterocycles. The van der Waals surface area contributed by atoms with Crippen molar-refractivity contribution in [2.75, 3.05) is 52.9 Å². The third kappa shape index (κ3) is 13.8. The molecule has 0 aromatic heterocycles. The van der Waals surface area contributed by atoms with Gasteiger partial charge in [-0.15, -0.1) is 0 Å². The first-order valence-electron chi connectivity index (χ1n) is 9.09. The Morgan fingerprint density at radius 3 is 1.16 bits per heavy atom. The van der Waals surface area contributed by atoms with Crippen LogP contribution in [0.4, 0.5) is 0 Å². The van der Waals surface area contributed by atoms with Gasteiger partial charge in [-0.05, 0) is 12.8 Å². The Kier molecular flexibility index (Phi) is 15.5. The van der Waals surface area contributed by atoms with Crippen LogP contribution in [0.1, 0.15) is 40.5 Å². The molecule has 25 heavy (non-hydrogen) atoms. The third-order valence-corrected chi connectivity index (χ3v) is 3.72. The molecule has 0 saturated heterocycles. The molecule has 148 valence electrons. The van der Waals surface area contributed by atoms with Gasteiger partial charge < -0.3 is 23.7 Å². The Balaban J connectivity index is 3.24. The number of hydrogen-bond acceptors (Lipinski definition) is 7. The zero-order valence-electron chi connectivity index (χ0n) is 16.1. The van der Waals surface area contributed by atoms with Crippen LogP contribution >= 0.6 is 0 Å². The van der Waals surface area contributed by atoms with Crippen LogP contribution in [0.25, 0.3) is 0 Å². The van der Waals surface area contributed by atoms with Gasteiger partial charge in [0.05, 0.1) is 51.5 Å². The van der Waals surface area contributed by atoms with Crippen molar-refractivity contribution in [2.24, 2.45) is 11.8 Å². The number of carbonyl (C=O) groups is 2. The van der Waals surface area contributed by atoms with Crippen LogP contribution in [-0.2, 0) is 33.3 Å². The van der Waals surface area contributed by atoms with Crippen molar-refractivity contribution in [1.29, 1.82) is 0 Å². The van der Waals surface area contributed by atoms with Gasteiger partial charge in [-0.2, -0.15) is 0 Å². The summed E-state index contributed by atoms with van der Waals surface area (Å²) in [6.07, 6.45) is 1.55. The Hall–Kier alpha value is -1.18. The number of carbonyl (C=O) groups excluding carboxylic acids is 2. The fourth-order valence-corrected chi connectivity index (χ4v) is 1.56. The summed E-state index contributed by atoms with van der Waals surface area (Å²) in [5.41, 5.74) is 0. The second-order valence-corrected chi connectivity index (χ2v) is 5.79. The summed E-state index contributed by atoms with van der Waals surface area (Å²) in [4.78, 5) is 22.8. The lowest BCUT2D eigenvalue weighted by molar-refractivity contribution is -0.150. The van der Waals surface area contributed by atoms with Crippen LogP contribution in [0.2, 0.25) is 0 Å². The molecule has 2 atom stereocenters. The molecule has 0 radical (unpaired) electrons. The second-order valence-electron chi connectivity index (χ2n) is 5.79. The highest BCUT2D eigenvalue weighted by molar-refractivity contribution is 5.72. The lowest BCUT2D eigenvalue weighted by atomic mass is 10.1. The van der Waals surface area contributed by atoms with Crippen LogP contribution in [0.3, 0.4) is 0 Å². The molecule has 2 unspecified atom stereocenters. The minimum Gasteiger partial charge on any atom is -0.463 e. The maximum absolute atomic E-state index is 11.4. The van der Waals surface area contributed by atoms with Crippen LogP contribution < -0.4 is 0 Å². The van der Waals surface area contributed by atoms with Crippen LogP contribution in [-0.4, -0.2) is 64.8 Å². The normalized spacial score (nSPS) is 13.3. The van der Waals surface area contributed by atoms with Gasteiger partial charge in [0.2, 0.25) is 0 Å². The lowest BCUT2D eigenvalue weighted by Gasteiger charge is -2.10. The van der Waals surface area contributed by atoms with Gasteiger partial charge in [0.1, 0.15) is 13.2 Å². The van der Waals surface area contributed by atoms with Crippen molar-refractivity contribution < 1.29 is 33.3 Å². The zero-order valence-corrected chi connectivity index (χ0v) is 16.1. The van der Waals surface area contributed by atoms with E-state index in [1.165, 1.54) is 0 Å². The molecule has 0 aliphatic carbocycles. The number of hydrogen-bond donors (Lipinski definition) is 0. The molecule has 0 saturated carbocycles. The average Bonchev–Trinajstić information content (AvgIpc) is 2.63. The molecule has 7 nitrogen and oxygen atoms in total. The van der Waals surface area contributed by atoms with Crippen LogP contribution in [0, 0.1) is 11.8 Å². The Bertz CT molecular complexity index is 314. The van der Waals surface area contributed by atoms with Gasteiger partial charge in [-0.1, -0.05) is 27.7 Å². The topological polar surface area (TPSA) is 80.3 Å². The molecule has 0 aromatic carbocycles. The largest absolute Gasteiger partial charge is 0.463 e. The molecule has 7 heteroatoms. The molecule has 0 spiro atoms. The average molecular weight is 362 g/mol. The highest BCUT2D eigenvalue weighted by Crippen LogP contribution is 2.03. The van der Waals surface area contributed by atoms with Gasteiger partial charge in [-0.25, -0.2) is 0 Å². The van der Waals surface area contributed by atoms with E-state index < -0.39 is 0 Å². The van der Waals surface area contributed by atoms with E-state index in [0.717, 1.165) is 12.8 Å². The summed E-state index contributed by atoms with van der Waals surface area (Å²) in [6.45, 7) is 10.6. The van der Waals surface area contributed by atoms with Crippen molar-refractivity contribution in [3.05, 3.63) is 0 Å². The van der Waals surface area contributed by atoms with Crippen LogP contribution in [0.5, 0.6) is 0 Å². The number of rotatable bonds is 16. The predicted molar refractivity (Wildman–Crippen MR) is 93.3 cm³/mol. The fourth-order valence-electron chi connectivity index (χ4n) is 1.56. The standard InChI is InChI=1S/C18H34O7/c1-5-15(3)17(19)24-13-11-22-9-7-21-8-10-23-12-14-25-18(20)16(4)6-2/h15-16H,5-14H2,1-4H3. The van der Waals surface area contributed by atoms with E-state index in [4.69, 9.17) is 23.7 Å².